The molecule has 11 aromatic rings. The molecule has 3 nitrogen and oxygen atoms in total. The number of nitrogens with zero attached hydrogens (tertiary/aromatic N) is 3. The van der Waals surface area contributed by atoms with Crippen LogP contribution in [0.25, 0.3) is 98.8 Å². The first kappa shape index (κ1) is 35.0. The molecular formula is C58H35N3S. The SMILES string of the molecule is c1ccc(-c2nc(-c3ccc(-c4cccc5c4sc4ccccc45)cc3)nc(-c3ccccc3-c3ccc4c(c3)C3(c5ccccc5-c5ccccc53)c3ccccc3-4)n2)cc1. The zero-order valence-electron chi connectivity index (χ0n) is 33.5. The quantitative estimate of drug-likeness (QED) is 0.174. The Morgan fingerprint density at radius 2 is 0.758 bits per heavy atom. The van der Waals surface area contributed by atoms with Crippen molar-refractivity contribution in [3.63, 3.8) is 0 Å². The summed E-state index contributed by atoms with van der Waals surface area (Å²) in [6.07, 6.45) is 0. The zero-order chi connectivity index (χ0) is 40.8. The first-order valence-electron chi connectivity index (χ1n) is 21.1. The summed E-state index contributed by atoms with van der Waals surface area (Å²) in [4.78, 5) is 15.6. The monoisotopic (exact) mass is 805 g/mol. The third kappa shape index (κ3) is 5.08. The maximum Gasteiger partial charge on any atom is 0.164 e. The van der Waals surface area contributed by atoms with Crippen LogP contribution in [0, 0.1) is 0 Å². The van der Waals surface area contributed by atoms with Crippen molar-refractivity contribution in [2.24, 2.45) is 0 Å². The molecule has 0 amide bonds. The Hall–Kier alpha value is -7.79. The third-order valence-corrected chi connectivity index (χ3v) is 14.2. The van der Waals surface area contributed by atoms with Crippen molar-refractivity contribution in [2.75, 3.05) is 0 Å². The molecule has 0 radical (unpaired) electrons. The molecule has 1 spiro atoms. The molecule has 2 aliphatic carbocycles. The number of fused-ring (bicyclic) bond motifs is 13. The van der Waals surface area contributed by atoms with E-state index in [1.54, 1.807) is 0 Å². The predicted molar refractivity (Wildman–Crippen MR) is 256 cm³/mol. The molecule has 0 saturated heterocycles. The van der Waals surface area contributed by atoms with Crippen LogP contribution in [0.4, 0.5) is 0 Å². The van der Waals surface area contributed by atoms with Crippen LogP contribution in [0.2, 0.25) is 0 Å². The molecule has 0 saturated carbocycles. The topological polar surface area (TPSA) is 38.7 Å². The number of rotatable bonds is 5. The minimum Gasteiger partial charge on any atom is -0.208 e. The minimum absolute atomic E-state index is 0.431. The maximum absolute atomic E-state index is 5.28. The van der Waals surface area contributed by atoms with Crippen LogP contribution in [-0.4, -0.2) is 15.0 Å². The maximum atomic E-state index is 5.28. The summed E-state index contributed by atoms with van der Waals surface area (Å²) in [6.45, 7) is 0. The van der Waals surface area contributed by atoms with Crippen molar-refractivity contribution < 1.29 is 0 Å². The number of thiophene rings is 1. The van der Waals surface area contributed by atoms with Crippen LogP contribution >= 0.6 is 11.3 Å². The van der Waals surface area contributed by atoms with Crippen LogP contribution in [0.3, 0.4) is 0 Å². The number of aromatic nitrogens is 3. The van der Waals surface area contributed by atoms with Crippen molar-refractivity contribution >= 4 is 31.5 Å². The van der Waals surface area contributed by atoms with Gasteiger partial charge in [0.05, 0.1) is 5.41 Å². The lowest BCUT2D eigenvalue weighted by Crippen LogP contribution is -2.25. The molecule has 0 unspecified atom stereocenters. The van der Waals surface area contributed by atoms with Crippen LogP contribution in [0.15, 0.2) is 212 Å². The van der Waals surface area contributed by atoms with E-state index in [4.69, 9.17) is 15.0 Å². The molecule has 288 valence electrons. The van der Waals surface area contributed by atoms with E-state index >= 15 is 0 Å². The fourth-order valence-corrected chi connectivity index (χ4v) is 11.5. The Morgan fingerprint density at radius 3 is 1.44 bits per heavy atom. The second-order valence-corrected chi connectivity index (χ2v) is 17.3. The van der Waals surface area contributed by atoms with Crippen molar-refractivity contribution in [1.29, 1.82) is 0 Å². The van der Waals surface area contributed by atoms with Crippen molar-refractivity contribution in [1.82, 2.24) is 15.0 Å². The van der Waals surface area contributed by atoms with Crippen LogP contribution in [-0.2, 0) is 5.41 Å². The van der Waals surface area contributed by atoms with Crippen molar-refractivity contribution in [2.45, 2.75) is 5.41 Å². The number of benzene rings is 9. The van der Waals surface area contributed by atoms with Gasteiger partial charge in [-0.2, -0.15) is 0 Å². The Kier molecular flexibility index (Phi) is 7.69. The van der Waals surface area contributed by atoms with E-state index in [1.165, 1.54) is 70.2 Å². The van der Waals surface area contributed by atoms with Crippen molar-refractivity contribution in [3.8, 4) is 78.7 Å². The molecule has 0 atom stereocenters. The minimum atomic E-state index is -0.431. The fraction of sp³-hybridized carbons (Fsp3) is 0.0172. The predicted octanol–water partition coefficient (Wildman–Crippen LogP) is 14.9. The molecule has 2 heterocycles. The molecule has 2 aliphatic rings. The van der Waals surface area contributed by atoms with Crippen molar-refractivity contribution in [3.05, 3.63) is 235 Å². The van der Waals surface area contributed by atoms with Gasteiger partial charge in [-0.3, -0.25) is 0 Å². The largest absolute Gasteiger partial charge is 0.208 e. The Labute approximate surface area is 363 Å². The van der Waals surface area contributed by atoms with Gasteiger partial charge in [0.25, 0.3) is 0 Å². The molecule has 2 aromatic heterocycles. The summed E-state index contributed by atoms with van der Waals surface area (Å²) in [6, 6.07) is 76.7. The van der Waals surface area contributed by atoms with Crippen LogP contribution in [0.1, 0.15) is 22.3 Å². The van der Waals surface area contributed by atoms with Gasteiger partial charge in [0.2, 0.25) is 0 Å². The van der Waals surface area contributed by atoms with Crippen LogP contribution in [0.5, 0.6) is 0 Å². The van der Waals surface area contributed by atoms with E-state index in [-0.39, 0.29) is 0 Å². The molecule has 0 aliphatic heterocycles. The highest BCUT2D eigenvalue weighted by molar-refractivity contribution is 7.26. The summed E-state index contributed by atoms with van der Waals surface area (Å²) < 4.78 is 2.60. The molecule has 62 heavy (non-hydrogen) atoms. The molecule has 9 aromatic carbocycles. The standard InChI is InChI=1S/C58H35N3S/c1-2-15-37(16-3-1)55-59-56(38-31-29-36(30-32-38)41-23-14-24-47-46-21-9-13-28-53(46)62-54(41)47)61-57(60-55)48-22-5-4-17-40(48)39-33-34-45-44-20-8-12-27-51(44)58(52(45)35-39)49-25-10-6-18-42(49)43-19-7-11-26-50(43)58/h1-35H. The van der Waals surface area contributed by atoms with E-state index in [0.29, 0.717) is 17.5 Å². The van der Waals surface area contributed by atoms with Crippen LogP contribution < -0.4 is 0 Å². The lowest BCUT2D eigenvalue weighted by molar-refractivity contribution is 0.794. The third-order valence-electron chi connectivity index (χ3n) is 13.0. The van der Waals surface area contributed by atoms with Gasteiger partial charge in [-0.25, -0.2) is 15.0 Å². The smallest absolute Gasteiger partial charge is 0.164 e. The molecular weight excluding hydrogens is 771 g/mol. The second kappa shape index (κ2) is 13.6. The lowest BCUT2D eigenvalue weighted by atomic mass is 9.70. The molecule has 4 heteroatoms. The van der Waals surface area contributed by atoms with Gasteiger partial charge in [0.1, 0.15) is 0 Å². The number of hydrogen-bond donors (Lipinski definition) is 0. The normalized spacial score (nSPS) is 13.0. The highest BCUT2D eigenvalue weighted by Crippen LogP contribution is 2.63. The first-order valence-corrected chi connectivity index (χ1v) is 21.9. The van der Waals surface area contributed by atoms with Gasteiger partial charge < -0.3 is 0 Å². The van der Waals surface area contributed by atoms with E-state index < -0.39 is 5.41 Å². The Bertz CT molecular complexity index is 3520. The zero-order valence-corrected chi connectivity index (χ0v) is 34.3. The Morgan fingerprint density at radius 1 is 0.290 bits per heavy atom. The molecule has 0 bridgehead atoms. The summed E-state index contributed by atoms with van der Waals surface area (Å²) >= 11 is 1.85. The van der Waals surface area contributed by atoms with E-state index in [9.17, 15) is 0 Å². The number of hydrogen-bond acceptors (Lipinski definition) is 4. The first-order chi connectivity index (χ1) is 30.7. The summed E-state index contributed by atoms with van der Waals surface area (Å²) in [5.41, 5.74) is 17.5. The van der Waals surface area contributed by atoms with Gasteiger partial charge in [-0.1, -0.05) is 200 Å². The van der Waals surface area contributed by atoms with E-state index in [0.717, 1.165) is 33.4 Å². The van der Waals surface area contributed by atoms with Gasteiger partial charge in [-0.15, -0.1) is 11.3 Å². The summed E-state index contributed by atoms with van der Waals surface area (Å²) in [7, 11) is 0. The second-order valence-electron chi connectivity index (χ2n) is 16.2. The molecule has 0 fully saturated rings. The highest BCUT2D eigenvalue weighted by atomic mass is 32.1. The van der Waals surface area contributed by atoms with Gasteiger partial charge >= 0.3 is 0 Å². The van der Waals surface area contributed by atoms with Gasteiger partial charge in [0, 0.05) is 36.9 Å². The average molecular weight is 806 g/mol. The lowest BCUT2D eigenvalue weighted by Gasteiger charge is -2.30. The average Bonchev–Trinajstić information content (AvgIpc) is 3.98. The van der Waals surface area contributed by atoms with Gasteiger partial charge in [0.15, 0.2) is 17.5 Å². The molecule has 0 N–H and O–H groups in total. The summed E-state index contributed by atoms with van der Waals surface area (Å²) in [5.74, 6) is 1.92. The fourth-order valence-electron chi connectivity index (χ4n) is 10.3. The van der Waals surface area contributed by atoms with E-state index in [2.05, 4.69) is 194 Å². The molecule has 13 rings (SSSR count). The van der Waals surface area contributed by atoms with E-state index in [1.807, 2.05) is 29.5 Å². The summed E-state index contributed by atoms with van der Waals surface area (Å²) in [5, 5.41) is 2.59. The highest BCUT2D eigenvalue weighted by Gasteiger charge is 2.51. The Balaban J connectivity index is 0.963. The van der Waals surface area contributed by atoms with Gasteiger partial charge in [-0.05, 0) is 78.9 Å².